The van der Waals surface area contributed by atoms with Gasteiger partial charge >= 0.3 is 0 Å². The zero-order chi connectivity index (χ0) is 12.1. The van der Waals surface area contributed by atoms with E-state index in [-0.39, 0.29) is 0 Å². The second-order valence-corrected chi connectivity index (χ2v) is 4.59. The van der Waals surface area contributed by atoms with E-state index in [1.807, 2.05) is 0 Å². The molecule has 4 heteroatoms. The van der Waals surface area contributed by atoms with Crippen LogP contribution in [0.1, 0.15) is 51.4 Å². The lowest BCUT2D eigenvalue weighted by Gasteiger charge is -2.08. The summed E-state index contributed by atoms with van der Waals surface area (Å²) in [6, 6.07) is 0. The normalized spacial score (nSPS) is 10.4. The summed E-state index contributed by atoms with van der Waals surface area (Å²) < 4.78 is 0. The van der Waals surface area contributed by atoms with E-state index < -0.39 is 0 Å². The molecular formula is C12H26N4. The third-order valence-electron chi connectivity index (χ3n) is 2.68. The molecule has 0 heterocycles. The van der Waals surface area contributed by atoms with Crippen molar-refractivity contribution in [3.63, 3.8) is 0 Å². The lowest BCUT2D eigenvalue weighted by Crippen LogP contribution is -2.12. The number of hydrogen-bond donors (Lipinski definition) is 0. The van der Waals surface area contributed by atoms with Gasteiger partial charge in [0, 0.05) is 11.5 Å². The molecule has 0 saturated heterocycles. The molecule has 0 bridgehead atoms. The van der Waals surface area contributed by atoms with Gasteiger partial charge in [0.05, 0.1) is 0 Å². The van der Waals surface area contributed by atoms with Crippen LogP contribution in [0.4, 0.5) is 0 Å². The zero-order valence-electron chi connectivity index (χ0n) is 10.9. The van der Waals surface area contributed by atoms with Gasteiger partial charge in [0.25, 0.3) is 0 Å². The molecule has 0 unspecified atom stereocenters. The monoisotopic (exact) mass is 226 g/mol. The van der Waals surface area contributed by atoms with Crippen LogP contribution in [0, 0.1) is 0 Å². The van der Waals surface area contributed by atoms with Crippen LogP contribution >= 0.6 is 0 Å². The summed E-state index contributed by atoms with van der Waals surface area (Å²) in [5.74, 6) is 0. The van der Waals surface area contributed by atoms with E-state index in [2.05, 4.69) is 29.0 Å². The van der Waals surface area contributed by atoms with Crippen molar-refractivity contribution in [3.8, 4) is 0 Å². The number of azide groups is 1. The molecule has 0 rings (SSSR count). The number of nitrogens with zero attached hydrogens (tertiary/aromatic N) is 4. The smallest absolute Gasteiger partial charge is 0.0257 e. The van der Waals surface area contributed by atoms with Crippen molar-refractivity contribution in [2.24, 2.45) is 5.11 Å². The second-order valence-electron chi connectivity index (χ2n) is 4.59. The minimum absolute atomic E-state index is 0.666. The Hall–Kier alpha value is -0.730. The first-order valence-electron chi connectivity index (χ1n) is 6.43. The SMILES string of the molecule is CN(C)CCCCCCCCCCN=[N+]=[N-]. The summed E-state index contributed by atoms with van der Waals surface area (Å²) in [5.41, 5.74) is 8.08. The van der Waals surface area contributed by atoms with Gasteiger partial charge in [-0.05, 0) is 39.0 Å². The third-order valence-corrected chi connectivity index (χ3v) is 2.68. The van der Waals surface area contributed by atoms with Crippen molar-refractivity contribution in [2.45, 2.75) is 51.4 Å². The molecule has 0 spiro atoms. The largest absolute Gasteiger partial charge is 0.309 e. The maximum absolute atomic E-state index is 8.08. The summed E-state index contributed by atoms with van der Waals surface area (Å²) >= 11 is 0. The van der Waals surface area contributed by atoms with Crippen LogP contribution in [-0.4, -0.2) is 32.1 Å². The van der Waals surface area contributed by atoms with E-state index in [4.69, 9.17) is 5.53 Å². The van der Waals surface area contributed by atoms with Gasteiger partial charge in [-0.25, -0.2) is 0 Å². The summed E-state index contributed by atoms with van der Waals surface area (Å²) in [7, 11) is 4.26. The summed E-state index contributed by atoms with van der Waals surface area (Å²) in [5, 5.41) is 3.52. The highest BCUT2D eigenvalue weighted by Gasteiger charge is 1.93. The van der Waals surface area contributed by atoms with Gasteiger partial charge in [0.15, 0.2) is 0 Å². The minimum atomic E-state index is 0.666. The molecule has 4 nitrogen and oxygen atoms in total. The van der Waals surface area contributed by atoms with Crippen LogP contribution in [-0.2, 0) is 0 Å². The fourth-order valence-electron chi connectivity index (χ4n) is 1.72. The summed E-state index contributed by atoms with van der Waals surface area (Å²) in [6.45, 7) is 1.88. The van der Waals surface area contributed by atoms with E-state index >= 15 is 0 Å². The first-order chi connectivity index (χ1) is 7.77. The maximum atomic E-state index is 8.08. The number of rotatable bonds is 11. The Morgan fingerprint density at radius 2 is 1.38 bits per heavy atom. The molecule has 94 valence electrons. The quantitative estimate of drug-likeness (QED) is 0.227. The average molecular weight is 226 g/mol. The molecular weight excluding hydrogens is 200 g/mol. The highest BCUT2D eigenvalue weighted by Crippen LogP contribution is 2.08. The number of unbranched alkanes of at least 4 members (excludes halogenated alkanes) is 7. The molecule has 0 atom stereocenters. The van der Waals surface area contributed by atoms with Crippen molar-refractivity contribution >= 4 is 0 Å². The van der Waals surface area contributed by atoms with E-state index in [1.165, 1.54) is 51.5 Å². The van der Waals surface area contributed by atoms with Crippen molar-refractivity contribution in [3.05, 3.63) is 10.4 Å². The fraction of sp³-hybridized carbons (Fsp3) is 1.00. The average Bonchev–Trinajstić information content (AvgIpc) is 2.25. The molecule has 0 radical (unpaired) electrons. The molecule has 0 aromatic carbocycles. The summed E-state index contributed by atoms with van der Waals surface area (Å²) in [4.78, 5) is 4.98. The van der Waals surface area contributed by atoms with Crippen LogP contribution < -0.4 is 0 Å². The molecule has 0 fully saturated rings. The van der Waals surface area contributed by atoms with E-state index in [9.17, 15) is 0 Å². The standard InChI is InChI=1S/C12H26N4/c1-16(2)12-10-8-6-4-3-5-7-9-11-14-15-13/h3-12H2,1-2H3. The van der Waals surface area contributed by atoms with Gasteiger partial charge in [-0.2, -0.15) is 0 Å². The molecule has 0 aromatic rings. The van der Waals surface area contributed by atoms with Gasteiger partial charge in [-0.15, -0.1) is 0 Å². The predicted molar refractivity (Wildman–Crippen MR) is 69.5 cm³/mol. The van der Waals surface area contributed by atoms with Gasteiger partial charge in [-0.1, -0.05) is 43.6 Å². The van der Waals surface area contributed by atoms with Crippen LogP contribution in [0.5, 0.6) is 0 Å². The second kappa shape index (κ2) is 12.3. The maximum Gasteiger partial charge on any atom is 0.0257 e. The van der Waals surface area contributed by atoms with Crippen molar-refractivity contribution in [2.75, 3.05) is 27.2 Å². The van der Waals surface area contributed by atoms with Crippen molar-refractivity contribution in [1.29, 1.82) is 0 Å². The lowest BCUT2D eigenvalue weighted by molar-refractivity contribution is 0.389. The molecule has 16 heavy (non-hydrogen) atoms. The number of hydrogen-bond acceptors (Lipinski definition) is 2. The lowest BCUT2D eigenvalue weighted by atomic mass is 10.1. The molecule has 0 aliphatic rings. The van der Waals surface area contributed by atoms with E-state index in [0.29, 0.717) is 6.54 Å². The van der Waals surface area contributed by atoms with Crippen LogP contribution in [0.2, 0.25) is 0 Å². The molecule has 0 aromatic heterocycles. The Kier molecular flexibility index (Phi) is 11.8. The van der Waals surface area contributed by atoms with E-state index in [0.717, 1.165) is 6.42 Å². The van der Waals surface area contributed by atoms with Gasteiger partial charge in [0.1, 0.15) is 0 Å². The molecule has 0 amide bonds. The molecule has 0 N–H and O–H groups in total. The van der Waals surface area contributed by atoms with Gasteiger partial charge in [-0.3, -0.25) is 0 Å². The molecule has 0 aliphatic heterocycles. The molecule has 0 aliphatic carbocycles. The molecule has 0 saturated carbocycles. The Balaban J connectivity index is 2.96. The minimum Gasteiger partial charge on any atom is -0.309 e. The van der Waals surface area contributed by atoms with Crippen LogP contribution in [0.25, 0.3) is 10.4 Å². The first-order valence-corrected chi connectivity index (χ1v) is 6.43. The van der Waals surface area contributed by atoms with E-state index in [1.54, 1.807) is 0 Å². The topological polar surface area (TPSA) is 52.0 Å². The Morgan fingerprint density at radius 1 is 0.875 bits per heavy atom. The zero-order valence-corrected chi connectivity index (χ0v) is 10.9. The Labute approximate surface area is 99.6 Å². The van der Waals surface area contributed by atoms with Gasteiger partial charge in [0.2, 0.25) is 0 Å². The Morgan fingerprint density at radius 3 is 1.88 bits per heavy atom. The Bertz CT molecular complexity index is 185. The van der Waals surface area contributed by atoms with Crippen LogP contribution in [0.15, 0.2) is 5.11 Å². The fourth-order valence-corrected chi connectivity index (χ4v) is 1.72. The highest BCUT2D eigenvalue weighted by atomic mass is 15.1. The van der Waals surface area contributed by atoms with Crippen molar-refractivity contribution in [1.82, 2.24) is 4.90 Å². The van der Waals surface area contributed by atoms with Gasteiger partial charge < -0.3 is 4.90 Å². The van der Waals surface area contributed by atoms with Crippen molar-refractivity contribution < 1.29 is 0 Å². The predicted octanol–water partition coefficient (Wildman–Crippen LogP) is 3.98. The third kappa shape index (κ3) is 13.3. The highest BCUT2D eigenvalue weighted by molar-refractivity contribution is 4.51. The van der Waals surface area contributed by atoms with Crippen LogP contribution in [0.3, 0.4) is 0 Å². The summed E-state index contributed by atoms with van der Waals surface area (Å²) in [6.07, 6.45) is 10.3. The first kappa shape index (κ1) is 15.3.